The highest BCUT2D eigenvalue weighted by Crippen LogP contribution is 1.91. The Bertz CT molecular complexity index is 210. The first-order valence-corrected chi connectivity index (χ1v) is 5.28. The summed E-state index contributed by atoms with van der Waals surface area (Å²) in [4.78, 5) is 10.0. The second-order valence-electron chi connectivity index (χ2n) is 2.67. The fraction of sp³-hybridized carbons (Fsp3) is 0.444. The summed E-state index contributed by atoms with van der Waals surface area (Å²) in [5.41, 5.74) is 10.3. The molecule has 1 heterocycles. The third-order valence-corrected chi connectivity index (χ3v) is 2.09. The molecule has 0 amide bonds. The van der Waals surface area contributed by atoms with Crippen molar-refractivity contribution in [3.8, 4) is 0 Å². The van der Waals surface area contributed by atoms with Crippen LogP contribution in [-0.2, 0) is 4.79 Å². The molecule has 0 spiro atoms. The van der Waals surface area contributed by atoms with Crippen molar-refractivity contribution in [2.75, 3.05) is 6.54 Å². The van der Waals surface area contributed by atoms with E-state index in [-0.39, 0.29) is 0 Å². The van der Waals surface area contributed by atoms with Gasteiger partial charge >= 0.3 is 5.97 Å². The summed E-state index contributed by atoms with van der Waals surface area (Å²) < 4.78 is 0. The summed E-state index contributed by atoms with van der Waals surface area (Å²) in [6.45, 7) is 0.501. The van der Waals surface area contributed by atoms with Gasteiger partial charge < -0.3 is 16.6 Å². The number of aliphatic carboxylic acids is 1. The number of carbonyl (C=O) groups is 1. The zero-order chi connectivity index (χ0) is 10.8. The van der Waals surface area contributed by atoms with Crippen LogP contribution in [0.25, 0.3) is 0 Å². The van der Waals surface area contributed by atoms with Gasteiger partial charge in [-0.05, 0) is 30.1 Å². The number of hydrogen-bond donors (Lipinski definition) is 3. The molecule has 5 N–H and O–H groups in total. The number of rotatable bonds is 4. The van der Waals surface area contributed by atoms with Gasteiger partial charge in [0.2, 0.25) is 0 Å². The first kappa shape index (κ1) is 13.1. The lowest BCUT2D eigenvalue weighted by Gasteiger charge is -2.02. The lowest BCUT2D eigenvalue weighted by atomic mass is 10.2. The summed E-state index contributed by atoms with van der Waals surface area (Å²) in [7, 11) is 0. The average Bonchev–Trinajstić information content (AvgIpc) is 2.71. The van der Waals surface area contributed by atoms with E-state index in [4.69, 9.17) is 16.6 Å². The number of thiophene rings is 1. The Morgan fingerprint density at radius 1 is 1.43 bits per heavy atom. The van der Waals surface area contributed by atoms with Crippen molar-refractivity contribution < 1.29 is 9.90 Å². The number of carboxylic acids is 1. The normalized spacial score (nSPS) is 11.3. The Kier molecular flexibility index (Phi) is 8.11. The van der Waals surface area contributed by atoms with Crippen LogP contribution in [0, 0.1) is 0 Å². The Balaban J connectivity index is 0.000000280. The minimum atomic E-state index is -0.955. The van der Waals surface area contributed by atoms with E-state index >= 15 is 0 Å². The Hall–Kier alpha value is -0.910. The van der Waals surface area contributed by atoms with E-state index in [1.165, 1.54) is 0 Å². The van der Waals surface area contributed by atoms with Crippen LogP contribution in [0.15, 0.2) is 22.9 Å². The molecule has 1 aromatic rings. The van der Waals surface area contributed by atoms with Gasteiger partial charge in [-0.2, -0.15) is 11.3 Å². The summed E-state index contributed by atoms with van der Waals surface area (Å²) in [5.74, 6) is -0.955. The predicted octanol–water partition coefficient (Wildman–Crippen LogP) is 0.885. The van der Waals surface area contributed by atoms with Crippen LogP contribution in [0.5, 0.6) is 0 Å². The third kappa shape index (κ3) is 7.72. The predicted molar refractivity (Wildman–Crippen MR) is 58.2 cm³/mol. The maximum atomic E-state index is 10.0. The Morgan fingerprint density at radius 2 is 2.00 bits per heavy atom. The van der Waals surface area contributed by atoms with Gasteiger partial charge in [-0.3, -0.25) is 4.79 Å². The molecule has 0 aromatic carbocycles. The quantitative estimate of drug-likeness (QED) is 0.697. The number of carboxylic acid groups (broad SMARTS) is 1. The van der Waals surface area contributed by atoms with Gasteiger partial charge in [0.15, 0.2) is 0 Å². The fourth-order valence-electron chi connectivity index (χ4n) is 0.688. The largest absolute Gasteiger partial charge is 0.480 e. The van der Waals surface area contributed by atoms with Crippen molar-refractivity contribution in [3.63, 3.8) is 0 Å². The number of hydrogen-bond acceptors (Lipinski definition) is 4. The first-order chi connectivity index (χ1) is 6.68. The summed E-state index contributed by atoms with van der Waals surface area (Å²) in [6.07, 6.45) is 1.14. The summed E-state index contributed by atoms with van der Waals surface area (Å²) in [6, 6.07) is 3.29. The molecule has 80 valence electrons. The molecular weight excluding hydrogens is 200 g/mol. The van der Waals surface area contributed by atoms with Crippen LogP contribution in [0.2, 0.25) is 0 Å². The SMILES string of the molecule is NCCC[C@@H](N)C(=O)O.c1ccsc1. The topological polar surface area (TPSA) is 89.3 Å². The summed E-state index contributed by atoms with van der Waals surface area (Å²) >= 11 is 1.71. The van der Waals surface area contributed by atoms with Gasteiger partial charge in [-0.25, -0.2) is 0 Å². The van der Waals surface area contributed by atoms with Crippen LogP contribution < -0.4 is 11.5 Å². The highest BCUT2D eigenvalue weighted by atomic mass is 32.1. The fourth-order valence-corrected chi connectivity index (χ4v) is 1.14. The zero-order valence-electron chi connectivity index (χ0n) is 7.93. The van der Waals surface area contributed by atoms with E-state index in [0.29, 0.717) is 19.4 Å². The minimum Gasteiger partial charge on any atom is -0.480 e. The van der Waals surface area contributed by atoms with Crippen molar-refractivity contribution in [2.24, 2.45) is 11.5 Å². The van der Waals surface area contributed by atoms with Crippen molar-refractivity contribution in [3.05, 3.63) is 22.9 Å². The Labute approximate surface area is 87.5 Å². The summed E-state index contributed by atoms with van der Waals surface area (Å²) in [5, 5.41) is 12.3. The van der Waals surface area contributed by atoms with E-state index in [9.17, 15) is 4.79 Å². The molecule has 1 atom stereocenters. The second kappa shape index (κ2) is 8.68. The maximum absolute atomic E-state index is 10.0. The van der Waals surface area contributed by atoms with Crippen molar-refractivity contribution >= 4 is 17.3 Å². The average molecular weight is 216 g/mol. The standard InChI is InChI=1S/C5H12N2O2.C4H4S/c6-3-1-2-4(7)5(8)9;1-2-4-5-3-1/h4H,1-3,6-7H2,(H,8,9);1-4H/t4-;/m1./s1. The van der Waals surface area contributed by atoms with E-state index < -0.39 is 12.0 Å². The van der Waals surface area contributed by atoms with Gasteiger partial charge in [-0.15, -0.1) is 0 Å². The van der Waals surface area contributed by atoms with E-state index in [1.807, 2.05) is 22.9 Å². The van der Waals surface area contributed by atoms with Crippen LogP contribution in [0.4, 0.5) is 0 Å². The molecule has 0 unspecified atom stereocenters. The number of nitrogens with two attached hydrogens (primary N) is 2. The zero-order valence-corrected chi connectivity index (χ0v) is 8.74. The van der Waals surface area contributed by atoms with E-state index in [2.05, 4.69) is 0 Å². The smallest absolute Gasteiger partial charge is 0.320 e. The molecular formula is C9H16N2O2S. The molecule has 0 saturated heterocycles. The molecule has 0 radical (unpaired) electrons. The Morgan fingerprint density at radius 3 is 2.29 bits per heavy atom. The molecule has 1 rings (SSSR count). The third-order valence-electron chi connectivity index (χ3n) is 1.46. The molecule has 5 heteroatoms. The van der Waals surface area contributed by atoms with Gasteiger partial charge in [-0.1, -0.05) is 12.1 Å². The van der Waals surface area contributed by atoms with Crippen LogP contribution in [-0.4, -0.2) is 23.7 Å². The van der Waals surface area contributed by atoms with Gasteiger partial charge in [0, 0.05) is 0 Å². The highest BCUT2D eigenvalue weighted by molar-refractivity contribution is 7.07. The molecule has 0 bridgehead atoms. The molecule has 0 saturated carbocycles. The molecule has 1 aromatic heterocycles. The van der Waals surface area contributed by atoms with Crippen LogP contribution in [0.3, 0.4) is 0 Å². The van der Waals surface area contributed by atoms with E-state index in [1.54, 1.807) is 11.3 Å². The molecule has 4 nitrogen and oxygen atoms in total. The van der Waals surface area contributed by atoms with Gasteiger partial charge in [0.25, 0.3) is 0 Å². The monoisotopic (exact) mass is 216 g/mol. The van der Waals surface area contributed by atoms with Crippen molar-refractivity contribution in [1.29, 1.82) is 0 Å². The molecule has 0 aliphatic heterocycles. The highest BCUT2D eigenvalue weighted by Gasteiger charge is 2.08. The van der Waals surface area contributed by atoms with Crippen molar-refractivity contribution in [2.45, 2.75) is 18.9 Å². The molecule has 0 aliphatic carbocycles. The van der Waals surface area contributed by atoms with Gasteiger partial charge in [0.1, 0.15) is 6.04 Å². The molecule has 0 aliphatic rings. The first-order valence-electron chi connectivity index (χ1n) is 4.34. The van der Waals surface area contributed by atoms with Crippen molar-refractivity contribution in [1.82, 2.24) is 0 Å². The molecule has 14 heavy (non-hydrogen) atoms. The van der Waals surface area contributed by atoms with Gasteiger partial charge in [0.05, 0.1) is 0 Å². The van der Waals surface area contributed by atoms with E-state index in [0.717, 1.165) is 0 Å². The minimum absolute atomic E-state index is 0.464. The van der Waals surface area contributed by atoms with Crippen LogP contribution >= 0.6 is 11.3 Å². The lowest BCUT2D eigenvalue weighted by Crippen LogP contribution is -2.30. The molecule has 0 fully saturated rings. The lowest BCUT2D eigenvalue weighted by molar-refractivity contribution is -0.138. The maximum Gasteiger partial charge on any atom is 0.320 e. The van der Waals surface area contributed by atoms with Crippen LogP contribution in [0.1, 0.15) is 12.8 Å². The second-order valence-corrected chi connectivity index (χ2v) is 3.49.